The molecule has 21 heavy (non-hydrogen) atoms. The summed E-state index contributed by atoms with van der Waals surface area (Å²) >= 11 is 0. The number of amidine groups is 1. The lowest BCUT2D eigenvalue weighted by Crippen LogP contribution is -2.23. The molecule has 1 aliphatic carbocycles. The average molecular weight is 279 g/mol. The van der Waals surface area contributed by atoms with Gasteiger partial charge in [-0.2, -0.15) is 5.10 Å². The first-order valence-electron chi connectivity index (χ1n) is 7.66. The van der Waals surface area contributed by atoms with E-state index < -0.39 is 0 Å². The summed E-state index contributed by atoms with van der Waals surface area (Å²) in [6, 6.07) is 8.75. The molecule has 1 unspecified atom stereocenters. The Morgan fingerprint density at radius 1 is 1.19 bits per heavy atom. The maximum atomic E-state index is 4.59. The molecule has 0 saturated carbocycles. The zero-order valence-electron chi connectivity index (χ0n) is 12.7. The Hall–Kier alpha value is -2.03. The predicted molar refractivity (Wildman–Crippen MR) is 89.3 cm³/mol. The zero-order valence-corrected chi connectivity index (χ0v) is 12.7. The zero-order chi connectivity index (χ0) is 14.7. The molecule has 108 valence electrons. The molecule has 0 radical (unpaired) electrons. The molecule has 1 atom stereocenters. The standard InChI is InChI=1S/C18H21N3/c1-3-17(18-19-12-13(2)8-9-20-21-18)16-10-14-6-4-5-7-15(14)11-16/h4-9,12,16-17H,3,10-11H2,1-2H3/b9-8?,13-8+,13-12?,19-12?,19-18?,20-9+,21-18?,21-20?. The van der Waals surface area contributed by atoms with Crippen molar-refractivity contribution in [1.29, 1.82) is 0 Å². The molecule has 3 rings (SSSR count). The van der Waals surface area contributed by atoms with Gasteiger partial charge in [-0.3, -0.25) is 0 Å². The van der Waals surface area contributed by atoms with Crippen molar-refractivity contribution in [3.8, 4) is 0 Å². The fraction of sp³-hybridized carbons (Fsp3) is 0.389. The fourth-order valence-corrected chi connectivity index (χ4v) is 3.25. The van der Waals surface area contributed by atoms with Gasteiger partial charge in [0.15, 0.2) is 5.84 Å². The average Bonchev–Trinajstić information content (AvgIpc) is 2.90. The second-order valence-corrected chi connectivity index (χ2v) is 5.84. The minimum atomic E-state index is 0.372. The summed E-state index contributed by atoms with van der Waals surface area (Å²) in [5.74, 6) is 1.83. The van der Waals surface area contributed by atoms with E-state index in [1.54, 1.807) is 6.21 Å². The van der Waals surface area contributed by atoms with Gasteiger partial charge in [-0.1, -0.05) is 31.2 Å². The van der Waals surface area contributed by atoms with Crippen molar-refractivity contribution < 1.29 is 0 Å². The highest BCUT2D eigenvalue weighted by molar-refractivity contribution is 5.98. The SMILES string of the molecule is CCC(C1=N/N=C/C=C(\C)C=N1)C1Cc2ccccc2C1. The lowest BCUT2D eigenvalue weighted by Gasteiger charge is -2.21. The Kier molecular flexibility index (Phi) is 4.09. The van der Waals surface area contributed by atoms with Crippen molar-refractivity contribution >= 4 is 18.3 Å². The molecular weight excluding hydrogens is 258 g/mol. The summed E-state index contributed by atoms with van der Waals surface area (Å²) in [7, 11) is 0. The van der Waals surface area contributed by atoms with Crippen molar-refractivity contribution in [2.45, 2.75) is 33.1 Å². The molecule has 0 aromatic heterocycles. The maximum absolute atomic E-state index is 4.59. The van der Waals surface area contributed by atoms with Gasteiger partial charge in [0.25, 0.3) is 0 Å². The number of rotatable bonds is 3. The number of hydrogen-bond acceptors (Lipinski definition) is 3. The Bertz CT molecular complexity index is 613. The predicted octanol–water partition coefficient (Wildman–Crippen LogP) is 3.84. The highest BCUT2D eigenvalue weighted by atomic mass is 15.2. The molecule has 1 heterocycles. The molecule has 0 saturated heterocycles. The van der Waals surface area contributed by atoms with Crippen LogP contribution in [0.4, 0.5) is 0 Å². The van der Waals surface area contributed by atoms with Crippen LogP contribution < -0.4 is 0 Å². The summed E-state index contributed by atoms with van der Waals surface area (Å²) in [6.07, 6.45) is 8.87. The van der Waals surface area contributed by atoms with Crippen LogP contribution in [0.3, 0.4) is 0 Å². The van der Waals surface area contributed by atoms with Crippen molar-refractivity contribution in [1.82, 2.24) is 0 Å². The van der Waals surface area contributed by atoms with Gasteiger partial charge in [0.05, 0.1) is 0 Å². The third-order valence-corrected chi connectivity index (χ3v) is 4.39. The Morgan fingerprint density at radius 2 is 1.90 bits per heavy atom. The van der Waals surface area contributed by atoms with Crippen LogP contribution in [-0.4, -0.2) is 18.3 Å². The minimum absolute atomic E-state index is 0.372. The number of hydrogen-bond donors (Lipinski definition) is 0. The van der Waals surface area contributed by atoms with Crippen molar-refractivity contribution in [3.63, 3.8) is 0 Å². The Labute approximate surface area is 126 Å². The molecule has 1 aromatic rings. The molecule has 0 bridgehead atoms. The second kappa shape index (κ2) is 6.17. The van der Waals surface area contributed by atoms with Crippen LogP contribution >= 0.6 is 0 Å². The number of benzene rings is 1. The van der Waals surface area contributed by atoms with Crippen molar-refractivity contribution in [3.05, 3.63) is 47.0 Å². The van der Waals surface area contributed by atoms with Gasteiger partial charge in [-0.05, 0) is 54.9 Å². The van der Waals surface area contributed by atoms with Crippen LogP contribution in [-0.2, 0) is 12.8 Å². The third-order valence-electron chi connectivity index (χ3n) is 4.39. The molecule has 1 aromatic carbocycles. The van der Waals surface area contributed by atoms with Gasteiger partial charge in [0, 0.05) is 18.3 Å². The smallest absolute Gasteiger partial charge is 0.154 e. The third kappa shape index (κ3) is 3.02. The van der Waals surface area contributed by atoms with Gasteiger partial charge in [-0.15, -0.1) is 5.10 Å². The second-order valence-electron chi connectivity index (χ2n) is 5.84. The van der Waals surface area contributed by atoms with Gasteiger partial charge < -0.3 is 0 Å². The normalized spacial score (nSPS) is 23.5. The topological polar surface area (TPSA) is 37.1 Å². The summed E-state index contributed by atoms with van der Waals surface area (Å²) in [5, 5.41) is 8.46. The number of nitrogens with zero attached hydrogens (tertiary/aromatic N) is 3. The van der Waals surface area contributed by atoms with E-state index in [4.69, 9.17) is 0 Å². The summed E-state index contributed by atoms with van der Waals surface area (Å²) in [4.78, 5) is 4.59. The maximum Gasteiger partial charge on any atom is 0.154 e. The first-order valence-corrected chi connectivity index (χ1v) is 7.66. The Balaban J connectivity index is 1.82. The van der Waals surface area contributed by atoms with E-state index >= 15 is 0 Å². The van der Waals surface area contributed by atoms with E-state index in [0.717, 1.165) is 30.7 Å². The highest BCUT2D eigenvalue weighted by Gasteiger charge is 2.30. The van der Waals surface area contributed by atoms with Gasteiger partial charge in [-0.25, -0.2) is 4.99 Å². The lowest BCUT2D eigenvalue weighted by atomic mass is 9.86. The highest BCUT2D eigenvalue weighted by Crippen LogP contribution is 2.34. The molecule has 0 spiro atoms. The quantitative estimate of drug-likeness (QED) is 0.806. The largest absolute Gasteiger partial charge is 0.239 e. The molecular formula is C18H21N3. The van der Waals surface area contributed by atoms with Crippen LogP contribution in [0.25, 0.3) is 0 Å². The molecule has 1 aliphatic heterocycles. The van der Waals surface area contributed by atoms with Crippen LogP contribution in [0.15, 0.2) is 51.1 Å². The molecule has 0 amide bonds. The molecule has 2 aliphatic rings. The van der Waals surface area contributed by atoms with E-state index in [-0.39, 0.29) is 0 Å². The van der Waals surface area contributed by atoms with Crippen molar-refractivity contribution in [2.24, 2.45) is 27.0 Å². The summed E-state index contributed by atoms with van der Waals surface area (Å²) in [5.41, 5.74) is 4.07. The van der Waals surface area contributed by atoms with Crippen LogP contribution in [0, 0.1) is 11.8 Å². The first-order chi connectivity index (χ1) is 10.3. The van der Waals surface area contributed by atoms with E-state index in [2.05, 4.69) is 46.4 Å². The molecule has 0 fully saturated rings. The number of fused-ring (bicyclic) bond motifs is 1. The molecule has 3 heteroatoms. The van der Waals surface area contributed by atoms with E-state index in [0.29, 0.717) is 11.8 Å². The summed E-state index contributed by atoms with van der Waals surface area (Å²) in [6.45, 7) is 4.25. The fourth-order valence-electron chi connectivity index (χ4n) is 3.25. The first kappa shape index (κ1) is 13.9. The number of allylic oxidation sites excluding steroid dienone is 2. The summed E-state index contributed by atoms with van der Waals surface area (Å²) < 4.78 is 0. The van der Waals surface area contributed by atoms with Crippen molar-refractivity contribution in [2.75, 3.05) is 0 Å². The van der Waals surface area contributed by atoms with E-state index in [1.165, 1.54) is 11.1 Å². The van der Waals surface area contributed by atoms with E-state index in [1.807, 2.05) is 19.2 Å². The van der Waals surface area contributed by atoms with Crippen LogP contribution in [0.5, 0.6) is 0 Å². The van der Waals surface area contributed by atoms with Crippen LogP contribution in [0.2, 0.25) is 0 Å². The number of aliphatic imine (C=N–C) groups is 1. The monoisotopic (exact) mass is 279 g/mol. The van der Waals surface area contributed by atoms with Crippen LogP contribution in [0.1, 0.15) is 31.4 Å². The molecule has 0 N–H and O–H groups in total. The van der Waals surface area contributed by atoms with Gasteiger partial charge in [0.1, 0.15) is 0 Å². The minimum Gasteiger partial charge on any atom is -0.239 e. The van der Waals surface area contributed by atoms with Gasteiger partial charge >= 0.3 is 0 Å². The van der Waals surface area contributed by atoms with E-state index in [9.17, 15) is 0 Å². The molecule has 3 nitrogen and oxygen atoms in total. The Morgan fingerprint density at radius 3 is 2.57 bits per heavy atom. The lowest BCUT2D eigenvalue weighted by molar-refractivity contribution is 0.423. The van der Waals surface area contributed by atoms with Gasteiger partial charge in [0.2, 0.25) is 0 Å².